The van der Waals surface area contributed by atoms with Gasteiger partial charge in [0.15, 0.2) is 0 Å². The van der Waals surface area contributed by atoms with Crippen molar-refractivity contribution in [3.63, 3.8) is 0 Å². The van der Waals surface area contributed by atoms with Gasteiger partial charge >= 0.3 is 0 Å². The van der Waals surface area contributed by atoms with E-state index in [1.54, 1.807) is 24.3 Å². The number of hydrogen-bond donors (Lipinski definition) is 0. The number of ether oxygens (including phenoxy) is 2. The lowest BCUT2D eigenvalue weighted by Gasteiger charge is -2.27. The van der Waals surface area contributed by atoms with Crippen LogP contribution < -0.4 is 0 Å². The predicted molar refractivity (Wildman–Crippen MR) is 104 cm³/mol. The minimum absolute atomic E-state index is 0.155. The van der Waals surface area contributed by atoms with Crippen LogP contribution in [0, 0.1) is 12.3 Å². The van der Waals surface area contributed by atoms with E-state index in [2.05, 4.69) is 28.3 Å². The molecule has 2 amide bonds. The van der Waals surface area contributed by atoms with Gasteiger partial charge in [-0.1, -0.05) is 18.1 Å². The number of nitrogens with zero attached hydrogens (tertiary/aromatic N) is 2. The lowest BCUT2D eigenvalue weighted by Crippen LogP contribution is -2.42. The maximum Gasteiger partial charge on any atom is 0.261 e. The normalized spacial score (nSPS) is 12.8. The fourth-order valence-electron chi connectivity index (χ4n) is 2.99. The lowest BCUT2D eigenvalue weighted by molar-refractivity contribution is 0.0395. The van der Waals surface area contributed by atoms with Crippen LogP contribution >= 0.6 is 12.2 Å². The predicted octanol–water partition coefficient (Wildman–Crippen LogP) is 2.84. The quantitative estimate of drug-likeness (QED) is 0.232. The van der Waals surface area contributed by atoms with Crippen LogP contribution in [0.25, 0.3) is 10.8 Å². The number of aliphatic imine (C=N–C) groups is 1. The summed E-state index contributed by atoms with van der Waals surface area (Å²) >= 11 is 4.67. The molecule has 0 aromatic heterocycles. The van der Waals surface area contributed by atoms with Gasteiger partial charge in [-0.25, -0.2) is 0 Å². The van der Waals surface area contributed by atoms with Gasteiger partial charge in [0, 0.05) is 21.9 Å². The van der Waals surface area contributed by atoms with Crippen LogP contribution in [0.1, 0.15) is 20.7 Å². The molecule has 0 bridgehead atoms. The third-order valence-electron chi connectivity index (χ3n) is 4.15. The largest absolute Gasteiger partial charge is 0.377 e. The Morgan fingerprint density at radius 2 is 1.78 bits per heavy atom. The molecule has 1 aliphatic heterocycles. The van der Waals surface area contributed by atoms with Crippen LogP contribution in [0.5, 0.6) is 0 Å². The number of terminal acetylenes is 1. The molecule has 0 fully saturated rings. The first-order chi connectivity index (χ1) is 13.2. The van der Waals surface area contributed by atoms with E-state index >= 15 is 0 Å². The monoisotopic (exact) mass is 380 g/mol. The van der Waals surface area contributed by atoms with E-state index in [0.717, 1.165) is 0 Å². The molecular formula is C20H16N2O4S. The van der Waals surface area contributed by atoms with Gasteiger partial charge in [-0.3, -0.25) is 14.5 Å². The molecule has 3 rings (SSSR count). The average Bonchev–Trinajstić information content (AvgIpc) is 2.68. The summed E-state index contributed by atoms with van der Waals surface area (Å²) in [5.41, 5.74) is 1.50. The van der Waals surface area contributed by atoms with E-state index in [0.29, 0.717) is 40.8 Å². The molecule has 1 heterocycles. The van der Waals surface area contributed by atoms with E-state index in [1.165, 1.54) is 4.90 Å². The summed E-state index contributed by atoms with van der Waals surface area (Å²) in [4.78, 5) is 30.9. The molecule has 0 aliphatic carbocycles. The van der Waals surface area contributed by atoms with Crippen molar-refractivity contribution >= 4 is 45.7 Å². The highest BCUT2D eigenvalue weighted by Crippen LogP contribution is 2.35. The van der Waals surface area contributed by atoms with E-state index in [9.17, 15) is 9.59 Å². The second-order valence-corrected chi connectivity index (χ2v) is 5.88. The van der Waals surface area contributed by atoms with Crippen LogP contribution in [0.2, 0.25) is 0 Å². The summed E-state index contributed by atoms with van der Waals surface area (Å²) < 4.78 is 10.5. The van der Waals surface area contributed by atoms with Crippen molar-refractivity contribution in [1.82, 2.24) is 4.90 Å². The van der Waals surface area contributed by atoms with Gasteiger partial charge in [0.2, 0.25) is 0 Å². The van der Waals surface area contributed by atoms with E-state index in [4.69, 9.17) is 15.9 Å². The minimum Gasteiger partial charge on any atom is -0.377 e. The zero-order valence-corrected chi connectivity index (χ0v) is 15.3. The summed E-state index contributed by atoms with van der Waals surface area (Å²) in [7, 11) is 0. The van der Waals surface area contributed by atoms with Gasteiger partial charge in [0.05, 0.1) is 37.2 Å². The fraction of sp³-hybridized carbons (Fsp3) is 0.250. The molecular weight excluding hydrogens is 364 g/mol. The molecule has 0 saturated carbocycles. The fourth-order valence-corrected chi connectivity index (χ4v) is 3.09. The van der Waals surface area contributed by atoms with Crippen LogP contribution in [-0.2, 0) is 9.47 Å². The number of isothiocyanates is 1. The Bertz CT molecular complexity index is 967. The number of benzene rings is 2. The third-order valence-corrected chi connectivity index (χ3v) is 4.24. The van der Waals surface area contributed by atoms with Gasteiger partial charge in [0.25, 0.3) is 11.8 Å². The van der Waals surface area contributed by atoms with Crippen LogP contribution in [-0.4, -0.2) is 54.8 Å². The standard InChI is InChI=1S/C20H16N2O4S/c1-2-9-25-11-12-26-10-8-22-19(23)15-5-3-4-14-17(21-13-27)7-6-16(18(14)15)20(22)24/h1,3-7H,8-12H2. The van der Waals surface area contributed by atoms with E-state index < -0.39 is 0 Å². The van der Waals surface area contributed by atoms with Crippen LogP contribution in [0.3, 0.4) is 0 Å². The van der Waals surface area contributed by atoms with Gasteiger partial charge in [-0.15, -0.1) is 6.42 Å². The molecule has 6 nitrogen and oxygen atoms in total. The van der Waals surface area contributed by atoms with Crippen molar-refractivity contribution in [3.8, 4) is 12.3 Å². The van der Waals surface area contributed by atoms with Crippen LogP contribution in [0.15, 0.2) is 35.3 Å². The highest BCUT2D eigenvalue weighted by molar-refractivity contribution is 7.78. The average molecular weight is 380 g/mol. The topological polar surface area (TPSA) is 68.2 Å². The van der Waals surface area contributed by atoms with Crippen molar-refractivity contribution in [2.24, 2.45) is 4.99 Å². The molecule has 27 heavy (non-hydrogen) atoms. The number of imide groups is 1. The molecule has 2 aromatic rings. The highest BCUT2D eigenvalue weighted by atomic mass is 32.1. The molecule has 0 spiro atoms. The summed E-state index contributed by atoms with van der Waals surface area (Å²) in [6.07, 6.45) is 5.08. The van der Waals surface area contributed by atoms with Crippen molar-refractivity contribution in [1.29, 1.82) is 0 Å². The van der Waals surface area contributed by atoms with E-state index in [-0.39, 0.29) is 31.6 Å². The highest BCUT2D eigenvalue weighted by Gasteiger charge is 2.32. The summed E-state index contributed by atoms with van der Waals surface area (Å²) in [6.45, 7) is 1.29. The zero-order chi connectivity index (χ0) is 19.2. The Morgan fingerprint density at radius 3 is 2.52 bits per heavy atom. The maximum absolute atomic E-state index is 12.8. The molecule has 0 atom stereocenters. The number of hydrogen-bond acceptors (Lipinski definition) is 6. The van der Waals surface area contributed by atoms with Crippen molar-refractivity contribution < 1.29 is 19.1 Å². The zero-order valence-electron chi connectivity index (χ0n) is 14.4. The molecule has 7 heteroatoms. The van der Waals surface area contributed by atoms with Crippen LogP contribution in [0.4, 0.5) is 5.69 Å². The summed E-state index contributed by atoms with van der Waals surface area (Å²) in [6, 6.07) is 8.63. The number of thiocarbonyl (C=S) groups is 1. The number of rotatable bonds is 8. The van der Waals surface area contributed by atoms with Gasteiger partial charge in [-0.2, -0.15) is 4.99 Å². The van der Waals surface area contributed by atoms with Crippen molar-refractivity contribution in [2.45, 2.75) is 0 Å². The molecule has 0 radical (unpaired) electrons. The number of carbonyl (C=O) groups is 2. The smallest absolute Gasteiger partial charge is 0.261 e. The first-order valence-electron chi connectivity index (χ1n) is 8.27. The minimum atomic E-state index is -0.353. The van der Waals surface area contributed by atoms with Gasteiger partial charge in [0.1, 0.15) is 6.61 Å². The Balaban J connectivity index is 1.79. The second kappa shape index (κ2) is 8.67. The molecule has 1 aliphatic rings. The SMILES string of the molecule is C#CCOCCOCCN1C(=O)c2cccc3c(N=C=S)ccc(c23)C1=O. The molecule has 2 aromatic carbocycles. The third kappa shape index (κ3) is 3.80. The summed E-state index contributed by atoms with van der Waals surface area (Å²) in [5, 5.41) is 3.62. The molecule has 0 saturated heterocycles. The number of amides is 2. The molecule has 0 N–H and O–H groups in total. The first-order valence-corrected chi connectivity index (χ1v) is 8.68. The molecule has 136 valence electrons. The van der Waals surface area contributed by atoms with E-state index in [1.807, 2.05) is 6.07 Å². The number of carbonyl (C=O) groups excluding carboxylic acids is 2. The van der Waals surface area contributed by atoms with Gasteiger partial charge < -0.3 is 9.47 Å². The maximum atomic E-state index is 12.8. The second-order valence-electron chi connectivity index (χ2n) is 5.69. The Kier molecular flexibility index (Phi) is 6.07. The van der Waals surface area contributed by atoms with Crippen molar-refractivity contribution in [2.75, 3.05) is 33.0 Å². The Morgan fingerprint density at radius 1 is 1.04 bits per heavy atom. The summed E-state index contributed by atoms with van der Waals surface area (Å²) in [5.74, 6) is 1.66. The Hall–Kier alpha value is -2.88. The lowest BCUT2D eigenvalue weighted by atomic mass is 9.93. The van der Waals surface area contributed by atoms with Gasteiger partial charge in [-0.05, 0) is 30.4 Å². The first kappa shape index (κ1) is 18.9. The van der Waals surface area contributed by atoms with Crippen molar-refractivity contribution in [3.05, 3.63) is 41.5 Å². The Labute approximate surface area is 161 Å². The molecule has 0 unspecified atom stereocenters.